The standard InChI is InChI=1S/C17H19NO/c1-12-6-2-3-9-14(12)17(19)15-10-4-7-13-8-5-11-18-16(13)15/h2-3,5-6,8-9,11,15,17,19H,4,7,10H2,1H3. The van der Waals surface area contributed by atoms with E-state index in [9.17, 15) is 5.11 Å². The highest BCUT2D eigenvalue weighted by atomic mass is 16.3. The van der Waals surface area contributed by atoms with Gasteiger partial charge < -0.3 is 5.11 Å². The first-order chi connectivity index (χ1) is 9.27. The molecular weight excluding hydrogens is 234 g/mol. The van der Waals surface area contributed by atoms with Gasteiger partial charge in [-0.05, 0) is 48.9 Å². The number of aromatic nitrogens is 1. The summed E-state index contributed by atoms with van der Waals surface area (Å²) in [7, 11) is 0. The van der Waals surface area contributed by atoms with Crippen molar-refractivity contribution in [3.8, 4) is 0 Å². The molecule has 0 aliphatic heterocycles. The van der Waals surface area contributed by atoms with Gasteiger partial charge in [-0.3, -0.25) is 4.98 Å². The molecule has 2 heteroatoms. The Kier molecular flexibility index (Phi) is 3.34. The van der Waals surface area contributed by atoms with Gasteiger partial charge in [-0.1, -0.05) is 30.3 Å². The summed E-state index contributed by atoms with van der Waals surface area (Å²) in [4.78, 5) is 4.52. The maximum Gasteiger partial charge on any atom is 0.0876 e. The van der Waals surface area contributed by atoms with Crippen LogP contribution in [0.3, 0.4) is 0 Å². The number of rotatable bonds is 2. The van der Waals surface area contributed by atoms with Crippen LogP contribution in [0.2, 0.25) is 0 Å². The van der Waals surface area contributed by atoms with Gasteiger partial charge in [0.2, 0.25) is 0 Å². The van der Waals surface area contributed by atoms with E-state index in [0.29, 0.717) is 0 Å². The molecule has 1 aromatic heterocycles. The fraction of sp³-hybridized carbons (Fsp3) is 0.353. The Bertz CT molecular complexity index is 579. The van der Waals surface area contributed by atoms with Crippen molar-refractivity contribution in [3.05, 3.63) is 65.0 Å². The molecule has 1 aliphatic rings. The monoisotopic (exact) mass is 253 g/mol. The Morgan fingerprint density at radius 3 is 2.89 bits per heavy atom. The molecule has 2 unspecified atom stereocenters. The number of aliphatic hydroxyl groups is 1. The lowest BCUT2D eigenvalue weighted by Crippen LogP contribution is -2.19. The Morgan fingerprint density at radius 2 is 2.05 bits per heavy atom. The Hall–Kier alpha value is -1.67. The van der Waals surface area contributed by atoms with Gasteiger partial charge >= 0.3 is 0 Å². The molecule has 0 radical (unpaired) electrons. The minimum absolute atomic E-state index is 0.131. The number of fused-ring (bicyclic) bond motifs is 1. The fourth-order valence-electron chi connectivity index (χ4n) is 3.09. The van der Waals surface area contributed by atoms with Crippen LogP contribution in [0.4, 0.5) is 0 Å². The second kappa shape index (κ2) is 5.14. The van der Waals surface area contributed by atoms with Crippen molar-refractivity contribution in [2.75, 3.05) is 0 Å². The third kappa shape index (κ3) is 2.28. The smallest absolute Gasteiger partial charge is 0.0876 e. The third-order valence-electron chi connectivity index (χ3n) is 4.13. The summed E-state index contributed by atoms with van der Waals surface area (Å²) < 4.78 is 0. The minimum atomic E-state index is -0.449. The molecule has 0 amide bonds. The Labute approximate surface area is 114 Å². The molecule has 0 saturated heterocycles. The van der Waals surface area contributed by atoms with E-state index in [0.717, 1.165) is 36.1 Å². The lowest BCUT2D eigenvalue weighted by molar-refractivity contribution is 0.133. The molecule has 0 spiro atoms. The van der Waals surface area contributed by atoms with Gasteiger partial charge in [0, 0.05) is 17.8 Å². The van der Waals surface area contributed by atoms with Crippen molar-refractivity contribution in [1.82, 2.24) is 4.98 Å². The number of aliphatic hydroxyl groups excluding tert-OH is 1. The van der Waals surface area contributed by atoms with E-state index in [4.69, 9.17) is 0 Å². The van der Waals surface area contributed by atoms with E-state index in [2.05, 4.69) is 24.0 Å². The number of benzene rings is 1. The zero-order valence-electron chi connectivity index (χ0n) is 11.2. The maximum atomic E-state index is 10.7. The topological polar surface area (TPSA) is 33.1 Å². The van der Waals surface area contributed by atoms with Crippen LogP contribution in [0.5, 0.6) is 0 Å². The maximum absolute atomic E-state index is 10.7. The molecule has 1 aliphatic carbocycles. The largest absolute Gasteiger partial charge is 0.388 e. The lowest BCUT2D eigenvalue weighted by atomic mass is 9.80. The molecular formula is C17H19NO. The third-order valence-corrected chi connectivity index (χ3v) is 4.13. The fourth-order valence-corrected chi connectivity index (χ4v) is 3.09. The molecule has 1 N–H and O–H groups in total. The summed E-state index contributed by atoms with van der Waals surface area (Å²) in [5.41, 5.74) is 4.57. The van der Waals surface area contributed by atoms with E-state index in [1.54, 1.807) is 0 Å². The van der Waals surface area contributed by atoms with Crippen molar-refractivity contribution in [2.45, 2.75) is 38.2 Å². The van der Waals surface area contributed by atoms with Crippen molar-refractivity contribution in [2.24, 2.45) is 0 Å². The molecule has 19 heavy (non-hydrogen) atoms. The van der Waals surface area contributed by atoms with E-state index in [1.807, 2.05) is 30.5 Å². The number of hydrogen-bond acceptors (Lipinski definition) is 2. The summed E-state index contributed by atoms with van der Waals surface area (Å²) in [6.07, 6.45) is 4.61. The normalized spacial score (nSPS) is 19.8. The van der Waals surface area contributed by atoms with Crippen LogP contribution < -0.4 is 0 Å². The Morgan fingerprint density at radius 1 is 1.21 bits per heavy atom. The lowest BCUT2D eigenvalue weighted by Gasteiger charge is -2.29. The van der Waals surface area contributed by atoms with Crippen molar-refractivity contribution >= 4 is 0 Å². The second-order valence-electron chi connectivity index (χ2n) is 5.35. The first kappa shape index (κ1) is 12.4. The molecule has 0 bridgehead atoms. The molecule has 2 aromatic rings. The first-order valence-corrected chi connectivity index (χ1v) is 6.95. The molecule has 2 atom stereocenters. The Balaban J connectivity index is 1.98. The van der Waals surface area contributed by atoms with Gasteiger partial charge in [-0.15, -0.1) is 0 Å². The number of aryl methyl sites for hydroxylation is 2. The van der Waals surface area contributed by atoms with Crippen molar-refractivity contribution in [3.63, 3.8) is 0 Å². The highest BCUT2D eigenvalue weighted by Crippen LogP contribution is 2.39. The second-order valence-corrected chi connectivity index (χ2v) is 5.35. The van der Waals surface area contributed by atoms with Gasteiger partial charge in [0.1, 0.15) is 0 Å². The van der Waals surface area contributed by atoms with Crippen molar-refractivity contribution < 1.29 is 5.11 Å². The number of pyridine rings is 1. The SMILES string of the molecule is Cc1ccccc1C(O)C1CCCc2cccnc21. The quantitative estimate of drug-likeness (QED) is 0.888. The van der Waals surface area contributed by atoms with E-state index in [-0.39, 0.29) is 5.92 Å². The molecule has 1 aromatic carbocycles. The van der Waals surface area contributed by atoms with Gasteiger partial charge in [0.25, 0.3) is 0 Å². The molecule has 2 nitrogen and oxygen atoms in total. The van der Waals surface area contributed by atoms with E-state index < -0.39 is 6.10 Å². The van der Waals surface area contributed by atoms with Crippen LogP contribution in [-0.4, -0.2) is 10.1 Å². The molecule has 1 heterocycles. The van der Waals surface area contributed by atoms with Gasteiger partial charge in [-0.2, -0.15) is 0 Å². The zero-order valence-corrected chi connectivity index (χ0v) is 11.2. The molecule has 98 valence electrons. The summed E-state index contributed by atoms with van der Waals surface area (Å²) in [6.45, 7) is 2.06. The molecule has 3 rings (SSSR count). The van der Waals surface area contributed by atoms with Crippen molar-refractivity contribution in [1.29, 1.82) is 0 Å². The van der Waals surface area contributed by atoms with Crippen LogP contribution in [0.25, 0.3) is 0 Å². The van der Waals surface area contributed by atoms with Crippen LogP contribution in [0.15, 0.2) is 42.6 Å². The minimum Gasteiger partial charge on any atom is -0.388 e. The highest BCUT2D eigenvalue weighted by molar-refractivity contribution is 5.33. The molecule has 0 fully saturated rings. The van der Waals surface area contributed by atoms with Crippen LogP contribution >= 0.6 is 0 Å². The van der Waals surface area contributed by atoms with E-state index >= 15 is 0 Å². The first-order valence-electron chi connectivity index (χ1n) is 6.95. The molecule has 0 saturated carbocycles. The predicted octanol–water partition coefficient (Wildman–Crippen LogP) is 3.54. The van der Waals surface area contributed by atoms with Crippen LogP contribution in [0.1, 0.15) is 47.2 Å². The highest BCUT2D eigenvalue weighted by Gasteiger charge is 2.29. The predicted molar refractivity (Wildman–Crippen MR) is 76.1 cm³/mol. The summed E-state index contributed by atoms with van der Waals surface area (Å²) in [6, 6.07) is 12.2. The summed E-state index contributed by atoms with van der Waals surface area (Å²) in [5, 5.41) is 10.7. The number of hydrogen-bond donors (Lipinski definition) is 1. The van der Waals surface area contributed by atoms with Gasteiger partial charge in [-0.25, -0.2) is 0 Å². The average molecular weight is 253 g/mol. The van der Waals surface area contributed by atoms with E-state index in [1.165, 1.54) is 5.56 Å². The van der Waals surface area contributed by atoms with Gasteiger partial charge in [0.15, 0.2) is 0 Å². The van der Waals surface area contributed by atoms with Gasteiger partial charge in [0.05, 0.1) is 6.10 Å². The van der Waals surface area contributed by atoms with Crippen LogP contribution in [-0.2, 0) is 6.42 Å². The average Bonchev–Trinajstić information content (AvgIpc) is 2.46. The zero-order chi connectivity index (χ0) is 13.2. The summed E-state index contributed by atoms with van der Waals surface area (Å²) in [5.74, 6) is 0.131. The van der Waals surface area contributed by atoms with Crippen LogP contribution in [0, 0.1) is 6.92 Å². The summed E-state index contributed by atoms with van der Waals surface area (Å²) >= 11 is 0. The number of nitrogens with zero attached hydrogens (tertiary/aromatic N) is 1.